The molecule has 2 aliphatic carbocycles. The highest BCUT2D eigenvalue weighted by atomic mass is 16.5. The molecule has 0 spiro atoms. The van der Waals surface area contributed by atoms with Gasteiger partial charge in [0.05, 0.1) is 11.5 Å². The molecule has 0 heterocycles. The number of hydrogen-bond acceptors (Lipinski definition) is 3. The fourth-order valence-corrected chi connectivity index (χ4v) is 3.58. The Bertz CT molecular complexity index is 326. The molecule has 2 aliphatic rings. The van der Waals surface area contributed by atoms with Crippen molar-refractivity contribution in [1.29, 1.82) is 0 Å². The highest BCUT2D eigenvalue weighted by Gasteiger charge is 2.56. The lowest BCUT2D eigenvalue weighted by Crippen LogP contribution is -2.44. The number of aliphatic hydroxyl groups is 1. The first kappa shape index (κ1) is 13.9. The maximum Gasteiger partial charge on any atom is 0.308 e. The molecule has 3 heteroatoms. The lowest BCUT2D eigenvalue weighted by Gasteiger charge is -2.38. The fourth-order valence-electron chi connectivity index (χ4n) is 3.58. The third-order valence-electron chi connectivity index (χ3n) is 5.21. The normalized spacial score (nSPS) is 40.2. The Kier molecular flexibility index (Phi) is 3.72. The first-order valence-corrected chi connectivity index (χ1v) is 7.31. The Hall–Kier alpha value is -0.570. The number of rotatable bonds is 4. The lowest BCUT2D eigenvalue weighted by atomic mass is 9.75. The Balaban J connectivity index is 1.94. The second-order valence-corrected chi connectivity index (χ2v) is 6.56. The van der Waals surface area contributed by atoms with E-state index in [1.807, 2.05) is 13.8 Å². The van der Waals surface area contributed by atoms with Gasteiger partial charge in [0.2, 0.25) is 0 Å². The molecule has 0 radical (unpaired) electrons. The zero-order chi connectivity index (χ0) is 13.5. The van der Waals surface area contributed by atoms with Crippen LogP contribution in [0.25, 0.3) is 0 Å². The molecule has 0 aliphatic heterocycles. The first-order chi connectivity index (χ1) is 8.38. The van der Waals surface area contributed by atoms with E-state index in [0.29, 0.717) is 17.8 Å². The van der Waals surface area contributed by atoms with Crippen molar-refractivity contribution in [2.45, 2.75) is 65.1 Å². The van der Waals surface area contributed by atoms with Crippen molar-refractivity contribution < 1.29 is 14.6 Å². The van der Waals surface area contributed by atoms with Crippen LogP contribution in [0, 0.1) is 23.7 Å². The summed E-state index contributed by atoms with van der Waals surface area (Å²) in [4.78, 5) is 11.8. The number of esters is 1. The fraction of sp³-hybridized carbons (Fsp3) is 0.933. The lowest BCUT2D eigenvalue weighted by molar-refractivity contribution is -0.160. The summed E-state index contributed by atoms with van der Waals surface area (Å²) in [5, 5.41) is 10.6. The number of ether oxygens (including phenoxy) is 1. The van der Waals surface area contributed by atoms with Crippen LogP contribution in [0.5, 0.6) is 0 Å². The van der Waals surface area contributed by atoms with Crippen LogP contribution >= 0.6 is 0 Å². The van der Waals surface area contributed by atoms with Crippen LogP contribution in [0.2, 0.25) is 0 Å². The summed E-state index contributed by atoms with van der Waals surface area (Å²) in [5.41, 5.74) is -0.524. The molecule has 3 nitrogen and oxygen atoms in total. The quantitative estimate of drug-likeness (QED) is 0.785. The summed E-state index contributed by atoms with van der Waals surface area (Å²) >= 11 is 0. The van der Waals surface area contributed by atoms with E-state index in [1.54, 1.807) is 0 Å². The van der Waals surface area contributed by atoms with Crippen LogP contribution in [-0.2, 0) is 9.53 Å². The molecule has 2 fully saturated rings. The molecule has 2 saturated carbocycles. The monoisotopic (exact) mass is 254 g/mol. The van der Waals surface area contributed by atoms with Crippen molar-refractivity contribution in [2.75, 3.05) is 0 Å². The van der Waals surface area contributed by atoms with Crippen LogP contribution in [-0.4, -0.2) is 22.8 Å². The van der Waals surface area contributed by atoms with Gasteiger partial charge in [-0.1, -0.05) is 27.7 Å². The number of carbonyl (C=O) groups is 1. The summed E-state index contributed by atoms with van der Waals surface area (Å²) in [6, 6.07) is 0. The molecule has 0 aromatic rings. The second kappa shape index (κ2) is 4.84. The highest BCUT2D eigenvalue weighted by Crippen LogP contribution is 2.54. The second-order valence-electron chi connectivity index (χ2n) is 6.56. The Morgan fingerprint density at radius 2 is 2.06 bits per heavy atom. The Morgan fingerprint density at radius 3 is 2.50 bits per heavy atom. The summed E-state index contributed by atoms with van der Waals surface area (Å²) < 4.78 is 5.62. The maximum atomic E-state index is 11.8. The molecule has 18 heavy (non-hydrogen) atoms. The predicted molar refractivity (Wildman–Crippen MR) is 70.0 cm³/mol. The van der Waals surface area contributed by atoms with Crippen LogP contribution in [0.1, 0.15) is 53.4 Å². The molecule has 104 valence electrons. The van der Waals surface area contributed by atoms with Gasteiger partial charge in [0, 0.05) is 0 Å². The summed E-state index contributed by atoms with van der Waals surface area (Å²) in [7, 11) is 0. The first-order valence-electron chi connectivity index (χ1n) is 7.31. The summed E-state index contributed by atoms with van der Waals surface area (Å²) in [6.45, 7) is 8.09. The third kappa shape index (κ3) is 2.18. The molecule has 2 rings (SSSR count). The van der Waals surface area contributed by atoms with Gasteiger partial charge in [-0.2, -0.15) is 0 Å². The van der Waals surface area contributed by atoms with E-state index in [0.717, 1.165) is 25.7 Å². The van der Waals surface area contributed by atoms with E-state index < -0.39 is 5.60 Å². The smallest absolute Gasteiger partial charge is 0.308 e. The van der Waals surface area contributed by atoms with E-state index in [2.05, 4.69) is 13.8 Å². The molecule has 2 bridgehead atoms. The van der Waals surface area contributed by atoms with Gasteiger partial charge in [-0.15, -0.1) is 0 Å². The minimum absolute atomic E-state index is 0.00638. The maximum absolute atomic E-state index is 11.8. The van der Waals surface area contributed by atoms with E-state index in [-0.39, 0.29) is 18.0 Å². The summed E-state index contributed by atoms with van der Waals surface area (Å²) in [6.07, 6.45) is 3.55. The molecule has 0 aromatic carbocycles. The van der Waals surface area contributed by atoms with E-state index in [9.17, 15) is 9.90 Å². The van der Waals surface area contributed by atoms with Crippen LogP contribution < -0.4 is 0 Å². The highest BCUT2D eigenvalue weighted by molar-refractivity contribution is 5.72. The summed E-state index contributed by atoms with van der Waals surface area (Å²) in [5.74, 6) is 0.905. The van der Waals surface area contributed by atoms with Gasteiger partial charge >= 0.3 is 5.97 Å². The van der Waals surface area contributed by atoms with E-state index in [1.165, 1.54) is 0 Å². The number of hydrogen-bond donors (Lipinski definition) is 1. The molecule has 0 amide bonds. The van der Waals surface area contributed by atoms with Crippen molar-refractivity contribution in [3.8, 4) is 0 Å². The largest absolute Gasteiger partial charge is 0.462 e. The van der Waals surface area contributed by atoms with E-state index in [4.69, 9.17) is 4.74 Å². The molecule has 5 unspecified atom stereocenters. The zero-order valence-corrected chi connectivity index (χ0v) is 12.0. The van der Waals surface area contributed by atoms with Crippen molar-refractivity contribution in [2.24, 2.45) is 23.7 Å². The van der Waals surface area contributed by atoms with Crippen molar-refractivity contribution in [1.82, 2.24) is 0 Å². The Labute approximate surface area is 110 Å². The standard InChI is InChI=1S/C15H26O3/c1-5-10(4)14(16)18-13-7-12-6-11(13)8-15(12,17)9(2)3/h9-13,17H,5-8H2,1-4H3. The van der Waals surface area contributed by atoms with Crippen LogP contribution in [0.15, 0.2) is 0 Å². The molecular formula is C15H26O3. The van der Waals surface area contributed by atoms with Gasteiger partial charge in [0.15, 0.2) is 0 Å². The predicted octanol–water partition coefficient (Wildman–Crippen LogP) is 2.76. The number of fused-ring (bicyclic) bond motifs is 2. The molecular weight excluding hydrogens is 228 g/mol. The molecule has 0 aromatic heterocycles. The van der Waals surface area contributed by atoms with Crippen LogP contribution in [0.4, 0.5) is 0 Å². The molecule has 0 saturated heterocycles. The van der Waals surface area contributed by atoms with Gasteiger partial charge < -0.3 is 9.84 Å². The SMILES string of the molecule is CCC(C)C(=O)OC1CC2CC1CC2(O)C(C)C. The van der Waals surface area contributed by atoms with Gasteiger partial charge in [0.1, 0.15) is 6.10 Å². The van der Waals surface area contributed by atoms with Crippen molar-refractivity contribution in [3.63, 3.8) is 0 Å². The topological polar surface area (TPSA) is 46.5 Å². The minimum Gasteiger partial charge on any atom is -0.462 e. The zero-order valence-electron chi connectivity index (χ0n) is 12.0. The number of carbonyl (C=O) groups excluding carboxylic acids is 1. The molecule has 1 N–H and O–H groups in total. The van der Waals surface area contributed by atoms with Crippen molar-refractivity contribution >= 4 is 5.97 Å². The third-order valence-corrected chi connectivity index (χ3v) is 5.21. The van der Waals surface area contributed by atoms with Gasteiger partial charge in [0.25, 0.3) is 0 Å². The van der Waals surface area contributed by atoms with Gasteiger partial charge in [-0.3, -0.25) is 4.79 Å². The average molecular weight is 254 g/mol. The minimum atomic E-state index is -0.524. The van der Waals surface area contributed by atoms with Gasteiger partial charge in [-0.05, 0) is 43.4 Å². The van der Waals surface area contributed by atoms with E-state index >= 15 is 0 Å². The van der Waals surface area contributed by atoms with Crippen molar-refractivity contribution in [3.05, 3.63) is 0 Å². The van der Waals surface area contributed by atoms with Gasteiger partial charge in [-0.25, -0.2) is 0 Å². The average Bonchev–Trinajstić information content (AvgIpc) is 2.85. The van der Waals surface area contributed by atoms with Crippen LogP contribution in [0.3, 0.4) is 0 Å². The molecule has 5 atom stereocenters. The Morgan fingerprint density at radius 1 is 1.39 bits per heavy atom.